The minimum Gasteiger partial charge on any atom is -0.378 e. The Morgan fingerprint density at radius 1 is 1.50 bits per heavy atom. The first-order chi connectivity index (χ1) is 7.74. The Bertz CT molecular complexity index is 216. The van der Waals surface area contributed by atoms with Gasteiger partial charge in [0.25, 0.3) is 0 Å². The van der Waals surface area contributed by atoms with Crippen molar-refractivity contribution in [1.29, 1.82) is 0 Å². The molecule has 0 spiro atoms. The zero-order chi connectivity index (χ0) is 11.4. The Labute approximate surface area is 99.5 Å². The Kier molecular flexibility index (Phi) is 4.22. The zero-order valence-electron chi connectivity index (χ0n) is 10.8. The second-order valence-corrected chi connectivity index (χ2v) is 5.44. The Hall–Kier alpha value is -0.120. The minimum atomic E-state index is 0.358. The van der Waals surface area contributed by atoms with Crippen molar-refractivity contribution in [1.82, 2.24) is 10.2 Å². The van der Waals surface area contributed by atoms with Crippen molar-refractivity contribution in [2.24, 2.45) is 0 Å². The summed E-state index contributed by atoms with van der Waals surface area (Å²) in [5.41, 5.74) is 0.358. The number of nitrogens with one attached hydrogen (secondary N) is 1. The third-order valence-electron chi connectivity index (χ3n) is 4.33. The van der Waals surface area contributed by atoms with Crippen LogP contribution in [0.5, 0.6) is 0 Å². The third-order valence-corrected chi connectivity index (χ3v) is 4.33. The van der Waals surface area contributed by atoms with Crippen LogP contribution in [0.3, 0.4) is 0 Å². The summed E-state index contributed by atoms with van der Waals surface area (Å²) >= 11 is 0. The predicted octanol–water partition coefficient (Wildman–Crippen LogP) is 1.63. The second kappa shape index (κ2) is 5.48. The van der Waals surface area contributed by atoms with Gasteiger partial charge in [-0.25, -0.2) is 0 Å². The minimum absolute atomic E-state index is 0.358. The van der Waals surface area contributed by atoms with E-state index in [9.17, 15) is 0 Å². The summed E-state index contributed by atoms with van der Waals surface area (Å²) in [6.07, 6.45) is 5.52. The number of nitrogens with zero attached hydrogens (tertiary/aromatic N) is 1. The molecule has 2 atom stereocenters. The molecule has 3 nitrogen and oxygen atoms in total. The summed E-state index contributed by atoms with van der Waals surface area (Å²) in [4.78, 5) is 2.66. The summed E-state index contributed by atoms with van der Waals surface area (Å²) in [5.74, 6) is 0. The quantitative estimate of drug-likeness (QED) is 0.788. The fourth-order valence-electron chi connectivity index (χ4n) is 2.86. The maximum absolute atomic E-state index is 5.70. The van der Waals surface area contributed by atoms with Gasteiger partial charge in [-0.05, 0) is 32.6 Å². The largest absolute Gasteiger partial charge is 0.378 e. The van der Waals surface area contributed by atoms with Crippen LogP contribution in [0.2, 0.25) is 0 Å². The zero-order valence-corrected chi connectivity index (χ0v) is 10.8. The highest BCUT2D eigenvalue weighted by molar-refractivity contribution is 4.91. The number of hydrogen-bond acceptors (Lipinski definition) is 3. The molecule has 0 aliphatic carbocycles. The average Bonchev–Trinajstić information content (AvgIpc) is 2.81. The molecule has 2 aliphatic rings. The van der Waals surface area contributed by atoms with Gasteiger partial charge in [0.2, 0.25) is 0 Å². The van der Waals surface area contributed by atoms with E-state index in [1.54, 1.807) is 0 Å². The summed E-state index contributed by atoms with van der Waals surface area (Å²) in [7, 11) is 0. The van der Waals surface area contributed by atoms with E-state index < -0.39 is 0 Å². The van der Waals surface area contributed by atoms with Crippen LogP contribution in [0, 0.1) is 0 Å². The Morgan fingerprint density at radius 2 is 2.38 bits per heavy atom. The molecule has 16 heavy (non-hydrogen) atoms. The van der Waals surface area contributed by atoms with E-state index in [0.29, 0.717) is 11.6 Å². The maximum Gasteiger partial charge on any atom is 0.0588 e. The molecule has 0 saturated carbocycles. The Balaban J connectivity index is 1.81. The highest BCUT2D eigenvalue weighted by atomic mass is 16.5. The smallest absolute Gasteiger partial charge is 0.0588 e. The fourth-order valence-corrected chi connectivity index (χ4v) is 2.86. The first-order valence-electron chi connectivity index (χ1n) is 6.82. The van der Waals surface area contributed by atoms with Crippen molar-refractivity contribution in [3.8, 4) is 0 Å². The van der Waals surface area contributed by atoms with E-state index in [4.69, 9.17) is 4.74 Å². The van der Waals surface area contributed by atoms with Crippen molar-refractivity contribution in [2.75, 3.05) is 32.8 Å². The van der Waals surface area contributed by atoms with Gasteiger partial charge in [0.15, 0.2) is 0 Å². The molecule has 0 amide bonds. The molecule has 94 valence electrons. The lowest BCUT2D eigenvalue weighted by Crippen LogP contribution is -2.59. The number of ether oxygens (including phenoxy) is 1. The van der Waals surface area contributed by atoms with Crippen LogP contribution in [-0.2, 0) is 4.74 Å². The van der Waals surface area contributed by atoms with E-state index >= 15 is 0 Å². The molecule has 3 heteroatoms. The Morgan fingerprint density at radius 3 is 3.06 bits per heavy atom. The first-order valence-corrected chi connectivity index (χ1v) is 6.82. The lowest BCUT2D eigenvalue weighted by molar-refractivity contribution is 0.0421. The van der Waals surface area contributed by atoms with Gasteiger partial charge >= 0.3 is 0 Å². The summed E-state index contributed by atoms with van der Waals surface area (Å²) in [6, 6.07) is 0. The summed E-state index contributed by atoms with van der Waals surface area (Å²) in [6.45, 7) is 10.3. The molecule has 0 aromatic heterocycles. The van der Waals surface area contributed by atoms with Crippen molar-refractivity contribution in [2.45, 2.75) is 51.2 Å². The monoisotopic (exact) mass is 226 g/mol. The standard InChI is InChI=1S/C13H26N2O/c1-3-13(2)11-14-7-9-15(13)8-6-12-5-4-10-16-12/h12,14H,3-11H2,1-2H3. The molecular weight excluding hydrogens is 200 g/mol. The van der Waals surface area contributed by atoms with Gasteiger partial charge in [-0.15, -0.1) is 0 Å². The van der Waals surface area contributed by atoms with Gasteiger partial charge in [-0.1, -0.05) is 6.92 Å². The summed E-state index contributed by atoms with van der Waals surface area (Å²) < 4.78 is 5.70. The van der Waals surface area contributed by atoms with Crippen LogP contribution in [0.25, 0.3) is 0 Å². The molecule has 0 aromatic rings. The molecular formula is C13H26N2O. The van der Waals surface area contributed by atoms with Crippen molar-refractivity contribution in [3.63, 3.8) is 0 Å². The lowest BCUT2D eigenvalue weighted by atomic mass is 9.93. The van der Waals surface area contributed by atoms with E-state index in [-0.39, 0.29) is 0 Å². The van der Waals surface area contributed by atoms with Gasteiger partial charge in [0.05, 0.1) is 6.10 Å². The van der Waals surface area contributed by atoms with Crippen LogP contribution in [0.4, 0.5) is 0 Å². The molecule has 2 heterocycles. The fraction of sp³-hybridized carbons (Fsp3) is 1.00. The van der Waals surface area contributed by atoms with E-state index in [0.717, 1.165) is 19.7 Å². The normalized spacial score (nSPS) is 36.8. The van der Waals surface area contributed by atoms with Crippen molar-refractivity contribution >= 4 is 0 Å². The van der Waals surface area contributed by atoms with Crippen LogP contribution >= 0.6 is 0 Å². The van der Waals surface area contributed by atoms with Gasteiger partial charge in [0.1, 0.15) is 0 Å². The molecule has 2 saturated heterocycles. The van der Waals surface area contributed by atoms with Gasteiger partial charge in [-0.3, -0.25) is 4.90 Å². The molecule has 2 unspecified atom stereocenters. The topological polar surface area (TPSA) is 24.5 Å². The van der Waals surface area contributed by atoms with Gasteiger partial charge < -0.3 is 10.1 Å². The van der Waals surface area contributed by atoms with Crippen LogP contribution in [-0.4, -0.2) is 49.3 Å². The van der Waals surface area contributed by atoms with E-state index in [2.05, 4.69) is 24.1 Å². The maximum atomic E-state index is 5.70. The lowest BCUT2D eigenvalue weighted by Gasteiger charge is -2.45. The van der Waals surface area contributed by atoms with Crippen LogP contribution in [0.15, 0.2) is 0 Å². The molecule has 0 aromatic carbocycles. The SMILES string of the molecule is CCC1(C)CNCCN1CCC1CCCO1. The number of hydrogen-bond donors (Lipinski definition) is 1. The molecule has 0 bridgehead atoms. The van der Waals surface area contributed by atoms with E-state index in [1.807, 2.05) is 0 Å². The third kappa shape index (κ3) is 2.76. The van der Waals surface area contributed by atoms with Gasteiger partial charge in [-0.2, -0.15) is 0 Å². The van der Waals surface area contributed by atoms with Gasteiger partial charge in [0, 0.05) is 38.3 Å². The van der Waals surface area contributed by atoms with Crippen LogP contribution < -0.4 is 5.32 Å². The average molecular weight is 226 g/mol. The predicted molar refractivity (Wildman–Crippen MR) is 66.7 cm³/mol. The first kappa shape index (κ1) is 12.3. The molecule has 1 N–H and O–H groups in total. The molecule has 2 fully saturated rings. The second-order valence-electron chi connectivity index (χ2n) is 5.44. The molecule has 0 radical (unpaired) electrons. The van der Waals surface area contributed by atoms with E-state index in [1.165, 1.54) is 38.8 Å². The highest BCUT2D eigenvalue weighted by Crippen LogP contribution is 2.23. The highest BCUT2D eigenvalue weighted by Gasteiger charge is 2.32. The number of rotatable bonds is 4. The summed E-state index contributed by atoms with van der Waals surface area (Å²) in [5, 5.41) is 3.51. The van der Waals surface area contributed by atoms with Crippen molar-refractivity contribution in [3.05, 3.63) is 0 Å². The molecule has 2 rings (SSSR count). The molecule has 2 aliphatic heterocycles. The van der Waals surface area contributed by atoms with Crippen LogP contribution in [0.1, 0.15) is 39.5 Å². The van der Waals surface area contributed by atoms with Crippen molar-refractivity contribution < 1.29 is 4.74 Å². The number of piperazine rings is 1.